The molecule has 0 amide bonds. The molecule has 6 rings (SSSR count). The standard InChI is InChI=1S/C36H45NO2/c1-5-17-36(33(39)6-2)18-16-32-30-21-24(3)29-22-27(38)14-15-28(29)34(30)31(23-35(32,36)4)25-10-12-26(13-11-25)37-19-8-7-9-20-37/h10-13,22,24,30-32H,6-9,14-16,18-21,23H2,1-4H3/t24?,30-,31+,32-,35-,36+/m0/s1. The summed E-state index contributed by atoms with van der Waals surface area (Å²) in [5.74, 6) is 8.98. The second kappa shape index (κ2) is 10.1. The van der Waals surface area contributed by atoms with Crippen molar-refractivity contribution in [3.63, 3.8) is 0 Å². The molecule has 0 N–H and O–H groups in total. The number of rotatable bonds is 4. The Bertz CT molecular complexity index is 1280. The van der Waals surface area contributed by atoms with Crippen molar-refractivity contribution in [3.8, 4) is 11.8 Å². The molecule has 39 heavy (non-hydrogen) atoms. The second-order valence-corrected chi connectivity index (χ2v) is 13.3. The van der Waals surface area contributed by atoms with Crippen LogP contribution in [0.25, 0.3) is 0 Å². The predicted molar refractivity (Wildman–Crippen MR) is 158 cm³/mol. The lowest BCUT2D eigenvalue weighted by Crippen LogP contribution is -2.51. The smallest absolute Gasteiger partial charge is 0.156 e. The first-order valence-corrected chi connectivity index (χ1v) is 15.6. The molecule has 4 aliphatic carbocycles. The summed E-state index contributed by atoms with van der Waals surface area (Å²) in [5.41, 5.74) is 6.39. The van der Waals surface area contributed by atoms with Gasteiger partial charge in [0, 0.05) is 37.5 Å². The van der Waals surface area contributed by atoms with Crippen LogP contribution in [0.4, 0.5) is 5.69 Å². The highest BCUT2D eigenvalue weighted by atomic mass is 16.1. The fourth-order valence-corrected chi connectivity index (χ4v) is 9.60. The predicted octanol–water partition coefficient (Wildman–Crippen LogP) is 7.81. The van der Waals surface area contributed by atoms with Crippen LogP contribution < -0.4 is 4.90 Å². The van der Waals surface area contributed by atoms with E-state index in [1.807, 2.05) is 19.9 Å². The summed E-state index contributed by atoms with van der Waals surface area (Å²) < 4.78 is 0. The number of fused-ring (bicyclic) bond motifs is 4. The minimum Gasteiger partial charge on any atom is -0.372 e. The highest BCUT2D eigenvalue weighted by molar-refractivity contribution is 5.93. The van der Waals surface area contributed by atoms with Crippen LogP contribution in [-0.4, -0.2) is 24.7 Å². The number of ketones is 2. The maximum absolute atomic E-state index is 13.8. The molecule has 1 aromatic rings. The Labute approximate surface area is 235 Å². The zero-order chi connectivity index (χ0) is 27.4. The highest BCUT2D eigenvalue weighted by Gasteiger charge is 2.65. The van der Waals surface area contributed by atoms with Gasteiger partial charge in [-0.1, -0.05) is 44.4 Å². The molecule has 6 atom stereocenters. The summed E-state index contributed by atoms with van der Waals surface area (Å²) in [6.07, 6.45) is 11.9. The Balaban J connectivity index is 1.49. The van der Waals surface area contributed by atoms with Gasteiger partial charge in [0.2, 0.25) is 0 Å². The number of hydrogen-bond acceptors (Lipinski definition) is 3. The van der Waals surface area contributed by atoms with Crippen LogP contribution in [0.5, 0.6) is 0 Å². The minimum atomic E-state index is -0.550. The van der Waals surface area contributed by atoms with Gasteiger partial charge < -0.3 is 4.90 Å². The van der Waals surface area contributed by atoms with Gasteiger partial charge in [0.1, 0.15) is 0 Å². The number of hydrogen-bond donors (Lipinski definition) is 0. The van der Waals surface area contributed by atoms with Gasteiger partial charge in [-0.05, 0) is 116 Å². The summed E-state index contributed by atoms with van der Waals surface area (Å²) in [6, 6.07) is 9.43. The fourth-order valence-electron chi connectivity index (χ4n) is 9.60. The van der Waals surface area contributed by atoms with Gasteiger partial charge in [0.25, 0.3) is 0 Å². The van der Waals surface area contributed by atoms with E-state index in [4.69, 9.17) is 0 Å². The number of carbonyl (C=O) groups is 2. The van der Waals surface area contributed by atoms with Gasteiger partial charge >= 0.3 is 0 Å². The van der Waals surface area contributed by atoms with Crippen molar-refractivity contribution >= 4 is 17.3 Å². The molecule has 3 nitrogen and oxygen atoms in total. The van der Waals surface area contributed by atoms with Crippen LogP contribution in [0.1, 0.15) is 103 Å². The van der Waals surface area contributed by atoms with Crippen molar-refractivity contribution in [3.05, 3.63) is 52.6 Å². The van der Waals surface area contributed by atoms with Crippen LogP contribution in [0, 0.1) is 40.4 Å². The molecule has 206 valence electrons. The lowest BCUT2D eigenvalue weighted by molar-refractivity contribution is -0.132. The van der Waals surface area contributed by atoms with E-state index in [1.54, 1.807) is 5.57 Å². The first-order chi connectivity index (χ1) is 18.8. The molecule has 3 heteroatoms. The molecular weight excluding hydrogens is 478 g/mol. The minimum absolute atomic E-state index is 0.153. The molecule has 1 heterocycles. The van der Waals surface area contributed by atoms with Crippen molar-refractivity contribution in [1.29, 1.82) is 0 Å². The van der Waals surface area contributed by atoms with E-state index < -0.39 is 5.41 Å². The van der Waals surface area contributed by atoms with Crippen molar-refractivity contribution in [1.82, 2.24) is 0 Å². The van der Waals surface area contributed by atoms with E-state index in [2.05, 4.69) is 54.9 Å². The Kier molecular flexibility index (Phi) is 6.89. The summed E-state index contributed by atoms with van der Waals surface area (Å²) in [5, 5.41) is 0. The molecule has 1 unspecified atom stereocenters. The Morgan fingerprint density at radius 2 is 1.85 bits per heavy atom. The number of piperidine rings is 1. The van der Waals surface area contributed by atoms with Crippen LogP contribution in [-0.2, 0) is 9.59 Å². The van der Waals surface area contributed by atoms with Crippen LogP contribution in [0.15, 0.2) is 47.1 Å². The third-order valence-corrected chi connectivity index (χ3v) is 11.4. The van der Waals surface area contributed by atoms with Gasteiger partial charge in [-0.2, -0.15) is 0 Å². The second-order valence-electron chi connectivity index (χ2n) is 13.3. The first-order valence-electron chi connectivity index (χ1n) is 15.6. The number of anilines is 1. The summed E-state index contributed by atoms with van der Waals surface area (Å²) in [6.45, 7) is 11.0. The molecule has 0 radical (unpaired) electrons. The first kappa shape index (κ1) is 26.6. The highest BCUT2D eigenvalue weighted by Crippen LogP contribution is 2.70. The van der Waals surface area contributed by atoms with Crippen molar-refractivity contribution in [2.24, 2.45) is 28.6 Å². The van der Waals surface area contributed by atoms with Crippen molar-refractivity contribution in [2.45, 2.75) is 97.8 Å². The van der Waals surface area contributed by atoms with Gasteiger partial charge in [0.05, 0.1) is 5.41 Å². The average molecular weight is 524 g/mol. The number of carbonyl (C=O) groups excluding carboxylic acids is 2. The topological polar surface area (TPSA) is 37.4 Å². The third kappa shape index (κ3) is 4.08. The number of benzene rings is 1. The van der Waals surface area contributed by atoms with E-state index in [9.17, 15) is 9.59 Å². The Morgan fingerprint density at radius 3 is 2.54 bits per heavy atom. The molecule has 0 aromatic heterocycles. The zero-order valence-electron chi connectivity index (χ0n) is 24.4. The maximum Gasteiger partial charge on any atom is 0.156 e. The van der Waals surface area contributed by atoms with E-state index in [1.165, 1.54) is 41.7 Å². The zero-order valence-corrected chi connectivity index (χ0v) is 24.4. The molecule has 1 aromatic carbocycles. The third-order valence-electron chi connectivity index (χ3n) is 11.4. The molecule has 3 fully saturated rings. The largest absolute Gasteiger partial charge is 0.372 e. The summed E-state index contributed by atoms with van der Waals surface area (Å²) in [4.78, 5) is 28.8. The quantitative estimate of drug-likeness (QED) is 0.378. The van der Waals surface area contributed by atoms with Crippen molar-refractivity contribution in [2.75, 3.05) is 18.0 Å². The average Bonchev–Trinajstić information content (AvgIpc) is 3.26. The Hall–Kier alpha value is -2.60. The van der Waals surface area contributed by atoms with E-state index in [0.29, 0.717) is 36.4 Å². The maximum atomic E-state index is 13.8. The molecule has 0 spiro atoms. The van der Waals surface area contributed by atoms with Crippen LogP contribution in [0.3, 0.4) is 0 Å². The fraction of sp³-hybridized carbons (Fsp3) is 0.611. The van der Waals surface area contributed by atoms with E-state index >= 15 is 0 Å². The van der Waals surface area contributed by atoms with E-state index in [0.717, 1.165) is 45.2 Å². The molecule has 2 saturated carbocycles. The van der Waals surface area contributed by atoms with Crippen LogP contribution >= 0.6 is 0 Å². The molecule has 1 aliphatic heterocycles. The SMILES string of the molecule is CC#C[C@]1(C(=O)CC)CC[C@H]2[C@@H]3CC(C)C4=CC(=O)CCC4=C3[C@@H](c3ccc(N4CCCCC4)cc3)C[C@@]21C. The number of Topliss-reactive ketones (excluding diaryl/α,β-unsaturated/α-hetero) is 1. The van der Waals surface area contributed by atoms with Crippen molar-refractivity contribution < 1.29 is 9.59 Å². The molecule has 0 bridgehead atoms. The molecule has 1 saturated heterocycles. The summed E-state index contributed by atoms with van der Waals surface area (Å²) in [7, 11) is 0. The Morgan fingerprint density at radius 1 is 1.10 bits per heavy atom. The number of allylic oxidation sites excluding steroid dienone is 4. The number of nitrogens with zero attached hydrogens (tertiary/aromatic N) is 1. The monoisotopic (exact) mass is 523 g/mol. The summed E-state index contributed by atoms with van der Waals surface area (Å²) >= 11 is 0. The van der Waals surface area contributed by atoms with Gasteiger partial charge in [-0.15, -0.1) is 5.92 Å². The van der Waals surface area contributed by atoms with Gasteiger partial charge in [0.15, 0.2) is 11.6 Å². The van der Waals surface area contributed by atoms with Gasteiger partial charge in [-0.3, -0.25) is 9.59 Å². The van der Waals surface area contributed by atoms with Gasteiger partial charge in [-0.25, -0.2) is 0 Å². The molecule has 5 aliphatic rings. The van der Waals surface area contributed by atoms with E-state index in [-0.39, 0.29) is 17.1 Å². The lowest BCUT2D eigenvalue weighted by Gasteiger charge is -2.55. The lowest BCUT2D eigenvalue weighted by atomic mass is 9.47. The van der Waals surface area contributed by atoms with Crippen LogP contribution in [0.2, 0.25) is 0 Å². The molecular formula is C36H45NO2. The normalized spacial score (nSPS) is 35.8.